The molecule has 0 saturated carbocycles. The van der Waals surface area contributed by atoms with Gasteiger partial charge in [-0.2, -0.15) is 0 Å². The van der Waals surface area contributed by atoms with Gasteiger partial charge in [0.15, 0.2) is 0 Å². The van der Waals surface area contributed by atoms with Crippen molar-refractivity contribution >= 4 is 23.4 Å². The van der Waals surface area contributed by atoms with Crippen molar-refractivity contribution in [2.45, 2.75) is 6.42 Å². The van der Waals surface area contributed by atoms with E-state index >= 15 is 0 Å². The Morgan fingerprint density at radius 1 is 1.25 bits per heavy atom. The largest absolute Gasteiger partial charge is 0.508 e. The molecule has 0 bridgehead atoms. The Balaban J connectivity index is 1.97. The van der Waals surface area contributed by atoms with E-state index in [1.807, 2.05) is 12.1 Å². The van der Waals surface area contributed by atoms with Crippen LogP contribution in [0.2, 0.25) is 5.15 Å². The minimum atomic E-state index is -1.05. The average Bonchev–Trinajstić information content (AvgIpc) is 2.40. The number of phenolic OH excluding ortho intramolecular Hbond substituents is 1. The van der Waals surface area contributed by atoms with Crippen LogP contribution in [-0.4, -0.2) is 27.7 Å². The van der Waals surface area contributed by atoms with Gasteiger partial charge in [0.2, 0.25) is 0 Å². The summed E-state index contributed by atoms with van der Waals surface area (Å²) in [6, 6.07) is 9.63. The zero-order chi connectivity index (χ0) is 14.5. The van der Waals surface area contributed by atoms with Gasteiger partial charge in [0.1, 0.15) is 16.7 Å². The van der Waals surface area contributed by atoms with Crippen LogP contribution < -0.4 is 5.32 Å². The van der Waals surface area contributed by atoms with Crippen LogP contribution in [0, 0.1) is 0 Å². The Hall–Kier alpha value is -2.27. The maximum atomic E-state index is 10.9. The molecule has 0 atom stereocenters. The molecule has 104 valence electrons. The summed E-state index contributed by atoms with van der Waals surface area (Å²) >= 11 is 5.77. The van der Waals surface area contributed by atoms with Crippen molar-refractivity contribution in [3.63, 3.8) is 0 Å². The summed E-state index contributed by atoms with van der Waals surface area (Å²) in [6.07, 6.45) is 0.719. The predicted octanol–water partition coefficient (Wildman–Crippen LogP) is 2.79. The lowest BCUT2D eigenvalue weighted by molar-refractivity contribution is 0.0697. The lowest BCUT2D eigenvalue weighted by atomic mass is 10.1. The van der Waals surface area contributed by atoms with E-state index < -0.39 is 5.97 Å². The van der Waals surface area contributed by atoms with Gasteiger partial charge in [0, 0.05) is 6.54 Å². The van der Waals surface area contributed by atoms with E-state index in [0.717, 1.165) is 12.0 Å². The summed E-state index contributed by atoms with van der Waals surface area (Å²) in [5.41, 5.74) is 1.15. The van der Waals surface area contributed by atoms with E-state index in [0.29, 0.717) is 12.4 Å². The van der Waals surface area contributed by atoms with Crippen molar-refractivity contribution in [3.05, 3.63) is 52.7 Å². The van der Waals surface area contributed by atoms with E-state index in [1.165, 1.54) is 12.1 Å². The highest BCUT2D eigenvalue weighted by atomic mass is 35.5. The number of aromatic nitrogens is 1. The van der Waals surface area contributed by atoms with Crippen molar-refractivity contribution < 1.29 is 15.0 Å². The maximum absolute atomic E-state index is 10.9. The van der Waals surface area contributed by atoms with E-state index in [-0.39, 0.29) is 16.5 Å². The summed E-state index contributed by atoms with van der Waals surface area (Å²) in [4.78, 5) is 14.9. The molecule has 0 aliphatic rings. The third-order valence-electron chi connectivity index (χ3n) is 2.70. The molecule has 0 saturated heterocycles. The molecule has 0 aliphatic carbocycles. The molecule has 0 amide bonds. The molecule has 0 radical (unpaired) electrons. The van der Waals surface area contributed by atoms with Crippen molar-refractivity contribution in [2.75, 3.05) is 11.9 Å². The summed E-state index contributed by atoms with van der Waals surface area (Å²) in [5, 5.41) is 21.3. The topological polar surface area (TPSA) is 82.5 Å². The number of nitrogens with one attached hydrogen (secondary N) is 1. The molecule has 0 spiro atoms. The molecule has 0 aliphatic heterocycles. The molecular formula is C14H13ClN2O3. The highest BCUT2D eigenvalue weighted by Crippen LogP contribution is 2.15. The smallest absolute Gasteiger partial charge is 0.335 e. The van der Waals surface area contributed by atoms with Crippen molar-refractivity contribution in [2.24, 2.45) is 0 Å². The minimum absolute atomic E-state index is 0.0946. The van der Waals surface area contributed by atoms with Gasteiger partial charge in [-0.3, -0.25) is 0 Å². The number of benzene rings is 1. The fraction of sp³-hybridized carbons (Fsp3) is 0.143. The number of nitrogens with zero attached hydrogens (tertiary/aromatic N) is 1. The lowest BCUT2D eigenvalue weighted by Crippen LogP contribution is -2.08. The van der Waals surface area contributed by atoms with Gasteiger partial charge >= 0.3 is 5.97 Å². The number of rotatable bonds is 5. The van der Waals surface area contributed by atoms with Crippen molar-refractivity contribution in [1.29, 1.82) is 0 Å². The average molecular weight is 293 g/mol. The van der Waals surface area contributed by atoms with E-state index in [1.54, 1.807) is 12.1 Å². The van der Waals surface area contributed by atoms with Gasteiger partial charge in [0.05, 0.1) is 5.56 Å². The van der Waals surface area contributed by atoms with Crippen molar-refractivity contribution in [3.8, 4) is 5.75 Å². The third kappa shape index (κ3) is 3.86. The number of aromatic carboxylic acids is 1. The predicted molar refractivity (Wildman–Crippen MR) is 76.5 cm³/mol. The first kappa shape index (κ1) is 14.1. The second-order valence-electron chi connectivity index (χ2n) is 4.21. The van der Waals surface area contributed by atoms with Gasteiger partial charge in [-0.05, 0) is 36.2 Å². The third-order valence-corrected chi connectivity index (χ3v) is 2.89. The molecule has 1 heterocycles. The fourth-order valence-corrected chi connectivity index (χ4v) is 1.92. The monoisotopic (exact) mass is 292 g/mol. The summed E-state index contributed by atoms with van der Waals surface area (Å²) in [5.74, 6) is -0.395. The zero-order valence-corrected chi connectivity index (χ0v) is 11.3. The number of hydrogen-bond acceptors (Lipinski definition) is 4. The van der Waals surface area contributed by atoms with E-state index in [2.05, 4.69) is 10.3 Å². The first-order valence-corrected chi connectivity index (χ1v) is 6.35. The van der Waals surface area contributed by atoms with Gasteiger partial charge in [0.25, 0.3) is 0 Å². The van der Waals surface area contributed by atoms with Crippen LogP contribution in [-0.2, 0) is 6.42 Å². The Kier molecular flexibility index (Phi) is 4.42. The van der Waals surface area contributed by atoms with Crippen LogP contribution in [0.3, 0.4) is 0 Å². The molecule has 3 N–H and O–H groups in total. The van der Waals surface area contributed by atoms with Crippen molar-refractivity contribution in [1.82, 2.24) is 4.98 Å². The Bertz CT molecular complexity index is 614. The minimum Gasteiger partial charge on any atom is -0.508 e. The second-order valence-corrected chi connectivity index (χ2v) is 4.60. The van der Waals surface area contributed by atoms with Gasteiger partial charge in [-0.15, -0.1) is 0 Å². The lowest BCUT2D eigenvalue weighted by Gasteiger charge is -2.07. The highest BCUT2D eigenvalue weighted by molar-refractivity contribution is 6.29. The number of carboxylic acid groups (broad SMARTS) is 1. The molecule has 5 nitrogen and oxygen atoms in total. The molecule has 2 aromatic rings. The van der Waals surface area contributed by atoms with E-state index in [9.17, 15) is 9.90 Å². The zero-order valence-electron chi connectivity index (χ0n) is 10.5. The number of pyridine rings is 1. The Morgan fingerprint density at radius 3 is 2.60 bits per heavy atom. The molecular weight excluding hydrogens is 280 g/mol. The van der Waals surface area contributed by atoms with Crippen LogP contribution in [0.5, 0.6) is 5.75 Å². The molecule has 1 aromatic heterocycles. The van der Waals surface area contributed by atoms with Crippen LogP contribution in [0.25, 0.3) is 0 Å². The number of halogens is 1. The quantitative estimate of drug-likeness (QED) is 0.738. The summed E-state index contributed by atoms with van der Waals surface area (Å²) in [6.45, 7) is 0.581. The molecule has 0 fully saturated rings. The van der Waals surface area contributed by atoms with Gasteiger partial charge < -0.3 is 15.5 Å². The molecule has 2 rings (SSSR count). The summed E-state index contributed by atoms with van der Waals surface area (Å²) in [7, 11) is 0. The number of aromatic hydroxyl groups is 1. The van der Waals surface area contributed by atoms with Crippen LogP contribution >= 0.6 is 11.6 Å². The molecule has 1 aromatic carbocycles. The molecule has 6 heteroatoms. The Labute approximate surface area is 120 Å². The SMILES string of the molecule is O=C(O)c1cc(Cl)nc(NCCc2ccc(O)cc2)c1. The van der Waals surface area contributed by atoms with Crippen LogP contribution in [0.15, 0.2) is 36.4 Å². The van der Waals surface area contributed by atoms with E-state index in [4.69, 9.17) is 16.7 Å². The number of carbonyl (C=O) groups is 1. The Morgan fingerprint density at radius 2 is 1.95 bits per heavy atom. The highest BCUT2D eigenvalue weighted by Gasteiger charge is 2.07. The second kappa shape index (κ2) is 6.25. The number of anilines is 1. The maximum Gasteiger partial charge on any atom is 0.335 e. The van der Waals surface area contributed by atoms with Crippen LogP contribution in [0.1, 0.15) is 15.9 Å². The summed E-state index contributed by atoms with van der Waals surface area (Å²) < 4.78 is 0. The molecule has 0 unspecified atom stereocenters. The number of phenols is 1. The standard InChI is InChI=1S/C14H13ClN2O3/c15-12-7-10(14(19)20)8-13(17-12)16-6-5-9-1-3-11(18)4-2-9/h1-4,7-8,18H,5-6H2,(H,16,17)(H,19,20). The van der Waals surface area contributed by atoms with Gasteiger partial charge in [-0.1, -0.05) is 23.7 Å². The first-order chi connectivity index (χ1) is 9.54. The molecule has 20 heavy (non-hydrogen) atoms. The fourth-order valence-electron chi connectivity index (χ4n) is 1.71. The number of carboxylic acids is 1. The van der Waals surface area contributed by atoms with Crippen LogP contribution in [0.4, 0.5) is 5.82 Å². The first-order valence-electron chi connectivity index (χ1n) is 5.97. The number of hydrogen-bond donors (Lipinski definition) is 3. The van der Waals surface area contributed by atoms with Gasteiger partial charge in [-0.25, -0.2) is 9.78 Å². The normalized spacial score (nSPS) is 10.2.